The standard InChI is InChI=1S/C22H27NO5S3/c1-7-10-22(5,6)20-18-17(19(29-20)21(2,3)4)30(25,26)23(31(18,27)28)14-8-9-15-13(11-14)12-16(15)24/h8-9,11H,7,10,12H2,1-6H3. The molecule has 1 aliphatic heterocycles. The van der Waals surface area contributed by atoms with E-state index in [1.807, 2.05) is 41.5 Å². The van der Waals surface area contributed by atoms with E-state index in [-0.39, 0.29) is 27.7 Å². The van der Waals surface area contributed by atoms with Crippen LogP contribution in [0.1, 0.15) is 80.1 Å². The lowest BCUT2D eigenvalue weighted by molar-refractivity contribution is 0.0968. The maximum absolute atomic E-state index is 13.8. The van der Waals surface area contributed by atoms with Crippen molar-refractivity contribution < 1.29 is 21.6 Å². The Bertz CT molecular complexity index is 1330. The van der Waals surface area contributed by atoms with Gasteiger partial charge in [-0.15, -0.1) is 11.3 Å². The SMILES string of the molecule is CCCC(C)(C)c1sc(C(C)(C)C)c2c1S(=O)(=O)N(c1ccc3c(c1)CC3=O)S2(=O)=O. The maximum atomic E-state index is 13.8. The molecule has 1 aliphatic carbocycles. The van der Waals surface area contributed by atoms with Crippen molar-refractivity contribution in [3.8, 4) is 0 Å². The van der Waals surface area contributed by atoms with Gasteiger partial charge in [0.15, 0.2) is 5.78 Å². The lowest BCUT2D eigenvalue weighted by Crippen LogP contribution is -2.32. The van der Waals surface area contributed by atoms with E-state index >= 15 is 0 Å². The van der Waals surface area contributed by atoms with Gasteiger partial charge < -0.3 is 0 Å². The number of sulfonamides is 2. The molecule has 0 bridgehead atoms. The first-order valence-electron chi connectivity index (χ1n) is 10.3. The molecule has 0 amide bonds. The number of carbonyl (C=O) groups is 1. The average Bonchev–Trinajstić information content (AvgIpc) is 3.10. The summed E-state index contributed by atoms with van der Waals surface area (Å²) in [4.78, 5) is 12.7. The normalized spacial score (nSPS) is 19.2. The van der Waals surface area contributed by atoms with Crippen molar-refractivity contribution in [3.05, 3.63) is 39.1 Å². The summed E-state index contributed by atoms with van der Waals surface area (Å²) >= 11 is 1.31. The van der Waals surface area contributed by atoms with Crippen LogP contribution in [0.15, 0.2) is 28.0 Å². The molecule has 1 aromatic carbocycles. The van der Waals surface area contributed by atoms with Gasteiger partial charge >= 0.3 is 0 Å². The van der Waals surface area contributed by atoms with Crippen molar-refractivity contribution in [1.82, 2.24) is 0 Å². The predicted molar refractivity (Wildman–Crippen MR) is 122 cm³/mol. The topological polar surface area (TPSA) is 88.6 Å². The number of Topliss-reactive ketones (excluding diaryl/α,β-unsaturated/α-hetero) is 1. The maximum Gasteiger partial charge on any atom is 0.280 e. The molecule has 0 saturated heterocycles. The summed E-state index contributed by atoms with van der Waals surface area (Å²) < 4.78 is 55.6. The van der Waals surface area contributed by atoms with Crippen LogP contribution < -0.4 is 3.71 Å². The molecule has 0 atom stereocenters. The molecule has 0 spiro atoms. The molecule has 168 valence electrons. The molecule has 1 aromatic heterocycles. The van der Waals surface area contributed by atoms with E-state index in [4.69, 9.17) is 0 Å². The van der Waals surface area contributed by atoms with E-state index in [2.05, 4.69) is 0 Å². The van der Waals surface area contributed by atoms with Crippen LogP contribution in [-0.4, -0.2) is 22.6 Å². The summed E-state index contributed by atoms with van der Waals surface area (Å²) in [5.74, 6) is -0.0222. The second-order valence-corrected chi connectivity index (χ2v) is 14.6. The van der Waals surface area contributed by atoms with Crippen molar-refractivity contribution in [2.45, 2.75) is 81.4 Å². The van der Waals surface area contributed by atoms with Crippen molar-refractivity contribution >= 4 is 42.9 Å². The highest BCUT2D eigenvalue weighted by molar-refractivity contribution is 8.13. The molecule has 9 heteroatoms. The Morgan fingerprint density at radius 2 is 1.55 bits per heavy atom. The molecule has 0 fully saturated rings. The van der Waals surface area contributed by atoms with Gasteiger partial charge in [0.2, 0.25) is 0 Å². The fourth-order valence-electron chi connectivity index (χ4n) is 4.39. The van der Waals surface area contributed by atoms with Crippen LogP contribution >= 0.6 is 11.3 Å². The summed E-state index contributed by atoms with van der Waals surface area (Å²) in [6.45, 7) is 11.7. The Kier molecular flexibility index (Phi) is 4.82. The highest BCUT2D eigenvalue weighted by Gasteiger charge is 2.55. The number of anilines is 1. The monoisotopic (exact) mass is 481 g/mol. The third-order valence-corrected chi connectivity index (χ3v) is 12.6. The average molecular weight is 482 g/mol. The van der Waals surface area contributed by atoms with Gasteiger partial charge in [-0.1, -0.05) is 48.0 Å². The van der Waals surface area contributed by atoms with Crippen LogP contribution in [0.3, 0.4) is 0 Å². The molecule has 2 heterocycles. The number of hydrogen-bond acceptors (Lipinski definition) is 6. The highest BCUT2D eigenvalue weighted by Crippen LogP contribution is 2.54. The minimum atomic E-state index is -4.33. The van der Waals surface area contributed by atoms with E-state index in [0.717, 1.165) is 12.8 Å². The zero-order chi connectivity index (χ0) is 23.1. The summed E-state index contributed by atoms with van der Waals surface area (Å²) in [5.41, 5.74) is 0.225. The Labute approximate surface area is 188 Å². The third-order valence-electron chi connectivity index (χ3n) is 5.90. The van der Waals surface area contributed by atoms with Gasteiger partial charge in [-0.05, 0) is 35.6 Å². The third kappa shape index (κ3) is 3.11. The molecular formula is C22H27NO5S3. The number of benzene rings is 1. The number of rotatable bonds is 4. The molecule has 31 heavy (non-hydrogen) atoms. The summed E-state index contributed by atoms with van der Waals surface area (Å²) in [6, 6.07) is 4.43. The molecule has 0 N–H and O–H groups in total. The first-order valence-corrected chi connectivity index (χ1v) is 14.0. The zero-order valence-corrected chi connectivity index (χ0v) is 21.0. The molecule has 0 radical (unpaired) electrons. The Hall–Kier alpha value is -1.71. The Morgan fingerprint density at radius 1 is 0.968 bits per heavy atom. The van der Waals surface area contributed by atoms with Gasteiger partial charge in [0.05, 0.1) is 5.69 Å². The van der Waals surface area contributed by atoms with E-state index < -0.39 is 30.9 Å². The number of ketones is 1. The number of hydrogen-bond donors (Lipinski definition) is 0. The number of thiophene rings is 1. The van der Waals surface area contributed by atoms with Gasteiger partial charge in [-0.3, -0.25) is 4.79 Å². The minimum Gasteiger partial charge on any atom is -0.294 e. The molecule has 4 rings (SSSR count). The van der Waals surface area contributed by atoms with Gasteiger partial charge in [0, 0.05) is 27.2 Å². The lowest BCUT2D eigenvalue weighted by atomic mass is 9.86. The number of fused-ring (bicyclic) bond motifs is 2. The van der Waals surface area contributed by atoms with Gasteiger partial charge in [-0.2, -0.15) is 20.5 Å². The fraction of sp³-hybridized carbons (Fsp3) is 0.500. The summed E-state index contributed by atoms with van der Waals surface area (Å²) in [5, 5.41) is 0. The number of nitrogens with zero attached hydrogens (tertiary/aromatic N) is 1. The van der Waals surface area contributed by atoms with E-state index in [1.54, 1.807) is 0 Å². The molecule has 0 unspecified atom stereocenters. The Morgan fingerprint density at radius 3 is 2.03 bits per heavy atom. The Balaban J connectivity index is 2.03. The van der Waals surface area contributed by atoms with Gasteiger partial charge in [0.1, 0.15) is 9.79 Å². The first kappa shape index (κ1) is 22.5. The minimum absolute atomic E-state index is 0.0222. The molecule has 2 aliphatic rings. The quantitative estimate of drug-likeness (QED) is 0.628. The van der Waals surface area contributed by atoms with Crippen LogP contribution in [-0.2, 0) is 37.3 Å². The fourth-order valence-corrected chi connectivity index (χ4v) is 11.6. The zero-order valence-electron chi connectivity index (χ0n) is 18.6. The summed E-state index contributed by atoms with van der Waals surface area (Å²) in [6.07, 6.45) is 1.78. The second kappa shape index (κ2) is 6.65. The van der Waals surface area contributed by atoms with Gasteiger partial charge in [-0.25, -0.2) is 0 Å². The lowest BCUT2D eigenvalue weighted by Gasteiger charge is -2.26. The first-order chi connectivity index (χ1) is 14.1. The van der Waals surface area contributed by atoms with E-state index in [9.17, 15) is 21.6 Å². The smallest absolute Gasteiger partial charge is 0.280 e. The van der Waals surface area contributed by atoms with Crippen LogP contribution in [0, 0.1) is 0 Å². The van der Waals surface area contributed by atoms with Crippen molar-refractivity contribution in [2.75, 3.05) is 3.71 Å². The van der Waals surface area contributed by atoms with Gasteiger partial charge in [0.25, 0.3) is 20.0 Å². The molecular weight excluding hydrogens is 454 g/mol. The number of carbonyl (C=O) groups excluding carboxylic acids is 1. The molecule has 0 saturated carbocycles. The van der Waals surface area contributed by atoms with Crippen molar-refractivity contribution in [1.29, 1.82) is 0 Å². The van der Waals surface area contributed by atoms with Crippen LogP contribution in [0.4, 0.5) is 5.69 Å². The van der Waals surface area contributed by atoms with Crippen molar-refractivity contribution in [2.24, 2.45) is 0 Å². The largest absolute Gasteiger partial charge is 0.294 e. The van der Waals surface area contributed by atoms with Crippen LogP contribution in [0.25, 0.3) is 0 Å². The van der Waals surface area contributed by atoms with E-state index in [1.165, 1.54) is 29.5 Å². The van der Waals surface area contributed by atoms with Crippen molar-refractivity contribution in [3.63, 3.8) is 0 Å². The predicted octanol–water partition coefficient (Wildman–Crippen LogP) is 4.76. The van der Waals surface area contributed by atoms with Crippen LogP contribution in [0.5, 0.6) is 0 Å². The molecule has 2 aromatic rings. The molecule has 6 nitrogen and oxygen atoms in total. The summed E-state index contributed by atoms with van der Waals surface area (Å²) in [7, 11) is -8.65. The van der Waals surface area contributed by atoms with E-state index in [0.29, 0.717) is 24.6 Å². The second-order valence-electron chi connectivity index (χ2n) is 9.95. The highest BCUT2D eigenvalue weighted by atomic mass is 32.3. The van der Waals surface area contributed by atoms with Crippen LogP contribution in [0.2, 0.25) is 0 Å².